The van der Waals surface area contributed by atoms with Crippen LogP contribution < -0.4 is 5.73 Å². The summed E-state index contributed by atoms with van der Waals surface area (Å²) < 4.78 is 9.52. The van der Waals surface area contributed by atoms with Crippen LogP contribution in [0.25, 0.3) is 11.2 Å². The number of carbonyl (C=O) groups excluding carboxylic acids is 1. The van der Waals surface area contributed by atoms with Crippen LogP contribution in [0.15, 0.2) is 16.7 Å². The molecule has 0 atom stereocenters. The molecule has 72 valence electrons. The van der Waals surface area contributed by atoms with Gasteiger partial charge in [-0.25, -0.2) is 9.78 Å². The van der Waals surface area contributed by atoms with Crippen molar-refractivity contribution in [3.63, 3.8) is 0 Å². The number of nitrogen functional groups attached to an aromatic ring is 1. The zero-order valence-electron chi connectivity index (χ0n) is 7.35. The van der Waals surface area contributed by atoms with Crippen LogP contribution in [0.3, 0.4) is 0 Å². The smallest absolute Gasteiger partial charge is 0.339 e. The van der Waals surface area contributed by atoms with Crippen LogP contribution in [-0.4, -0.2) is 23.0 Å². The van der Waals surface area contributed by atoms with Crippen LogP contribution in [0, 0.1) is 0 Å². The predicted octanol–water partition coefficient (Wildman–Crippen LogP) is 0.592. The molecule has 2 aromatic heterocycles. The quantitative estimate of drug-likeness (QED) is 0.666. The lowest BCUT2D eigenvalue weighted by Crippen LogP contribution is -2.01. The molecule has 0 saturated heterocycles. The van der Waals surface area contributed by atoms with Crippen molar-refractivity contribution < 1.29 is 13.9 Å². The van der Waals surface area contributed by atoms with Gasteiger partial charge in [0.25, 0.3) is 6.01 Å². The topological polar surface area (TPSA) is 91.2 Å². The fraction of sp³-hybridized carbons (Fsp3) is 0.125. The Morgan fingerprint density at radius 3 is 3.14 bits per heavy atom. The van der Waals surface area contributed by atoms with Crippen molar-refractivity contribution in [2.75, 3.05) is 12.8 Å². The normalized spacial score (nSPS) is 10.4. The minimum absolute atomic E-state index is 0.0227. The first kappa shape index (κ1) is 8.49. The number of fused-ring (bicyclic) bond motifs is 1. The Balaban J connectivity index is 2.55. The molecule has 0 radical (unpaired) electrons. The summed E-state index contributed by atoms with van der Waals surface area (Å²) >= 11 is 0. The summed E-state index contributed by atoms with van der Waals surface area (Å²) in [6, 6.07) is 1.51. The number of esters is 1. The summed E-state index contributed by atoms with van der Waals surface area (Å²) in [5.41, 5.74) is 6.35. The number of nitrogens with zero attached hydrogens (tertiary/aromatic N) is 2. The van der Waals surface area contributed by atoms with Crippen LogP contribution in [0.1, 0.15) is 10.4 Å². The Kier molecular flexibility index (Phi) is 1.81. The number of anilines is 1. The van der Waals surface area contributed by atoms with Crippen molar-refractivity contribution in [1.29, 1.82) is 0 Å². The molecule has 0 unspecified atom stereocenters. The molecule has 0 aliphatic rings. The van der Waals surface area contributed by atoms with E-state index in [0.717, 1.165) is 0 Å². The van der Waals surface area contributed by atoms with Crippen LogP contribution in [-0.2, 0) is 4.74 Å². The number of nitrogens with two attached hydrogens (primary N) is 1. The molecule has 6 heteroatoms. The van der Waals surface area contributed by atoms with Gasteiger partial charge in [-0.05, 0) is 0 Å². The van der Waals surface area contributed by atoms with E-state index in [1.807, 2.05) is 0 Å². The molecule has 0 saturated carbocycles. The highest BCUT2D eigenvalue weighted by atomic mass is 16.5. The maximum atomic E-state index is 11.1. The summed E-state index contributed by atoms with van der Waals surface area (Å²) in [5, 5.41) is 0. The number of ether oxygens (including phenoxy) is 1. The number of carbonyl (C=O) groups is 1. The summed E-state index contributed by atoms with van der Waals surface area (Å²) in [6.07, 6.45) is 1.36. The van der Waals surface area contributed by atoms with Crippen molar-refractivity contribution in [2.24, 2.45) is 0 Å². The summed E-state index contributed by atoms with van der Waals surface area (Å²) in [6.45, 7) is 0. The van der Waals surface area contributed by atoms with Crippen molar-refractivity contribution in [1.82, 2.24) is 9.97 Å². The molecule has 2 N–H and O–H groups in total. The molecule has 6 nitrogen and oxygen atoms in total. The highest BCUT2D eigenvalue weighted by Gasteiger charge is 2.10. The fourth-order valence-corrected chi connectivity index (χ4v) is 1.07. The second kappa shape index (κ2) is 2.99. The first-order chi connectivity index (χ1) is 6.70. The van der Waals surface area contributed by atoms with Crippen LogP contribution in [0.5, 0.6) is 0 Å². The van der Waals surface area contributed by atoms with E-state index >= 15 is 0 Å². The van der Waals surface area contributed by atoms with Gasteiger partial charge in [0.1, 0.15) is 0 Å². The monoisotopic (exact) mass is 193 g/mol. The average Bonchev–Trinajstić information content (AvgIpc) is 2.55. The molecule has 0 fully saturated rings. The van der Waals surface area contributed by atoms with E-state index in [1.54, 1.807) is 0 Å². The van der Waals surface area contributed by atoms with E-state index in [9.17, 15) is 4.79 Å². The van der Waals surface area contributed by atoms with Crippen LogP contribution >= 0.6 is 0 Å². The number of methoxy groups -OCH3 is 1. The Bertz CT molecular complexity index is 492. The van der Waals surface area contributed by atoms with Crippen LogP contribution in [0.2, 0.25) is 0 Å². The Morgan fingerprint density at radius 1 is 1.64 bits per heavy atom. The van der Waals surface area contributed by atoms with Gasteiger partial charge in [0.2, 0.25) is 5.65 Å². The third-order valence-electron chi connectivity index (χ3n) is 1.68. The van der Waals surface area contributed by atoms with Gasteiger partial charge in [-0.1, -0.05) is 0 Å². The van der Waals surface area contributed by atoms with Gasteiger partial charge in [0.05, 0.1) is 12.7 Å². The predicted molar refractivity (Wildman–Crippen MR) is 47.6 cm³/mol. The van der Waals surface area contributed by atoms with E-state index in [4.69, 9.17) is 10.2 Å². The molecule has 2 aromatic rings. The fourth-order valence-electron chi connectivity index (χ4n) is 1.07. The molecule has 0 aromatic carbocycles. The number of hydrogen-bond donors (Lipinski definition) is 1. The summed E-state index contributed by atoms with van der Waals surface area (Å²) in [4.78, 5) is 18.8. The van der Waals surface area contributed by atoms with Gasteiger partial charge in [-0.15, -0.1) is 0 Å². The lowest BCUT2D eigenvalue weighted by Gasteiger charge is -1.96. The van der Waals surface area contributed by atoms with Crippen molar-refractivity contribution in [3.8, 4) is 0 Å². The van der Waals surface area contributed by atoms with E-state index in [0.29, 0.717) is 16.8 Å². The third kappa shape index (κ3) is 1.26. The van der Waals surface area contributed by atoms with Crippen molar-refractivity contribution in [2.45, 2.75) is 0 Å². The first-order valence-electron chi connectivity index (χ1n) is 3.81. The summed E-state index contributed by atoms with van der Waals surface area (Å²) in [7, 11) is 1.29. The Morgan fingerprint density at radius 2 is 2.43 bits per heavy atom. The largest absolute Gasteiger partial charge is 0.465 e. The number of hydrogen-bond acceptors (Lipinski definition) is 6. The number of oxazole rings is 1. The maximum Gasteiger partial charge on any atom is 0.339 e. The van der Waals surface area contributed by atoms with Crippen molar-refractivity contribution >= 4 is 23.2 Å². The molecule has 2 rings (SSSR count). The van der Waals surface area contributed by atoms with Gasteiger partial charge < -0.3 is 14.9 Å². The van der Waals surface area contributed by atoms with Gasteiger partial charge in [-0.3, -0.25) is 0 Å². The zero-order valence-corrected chi connectivity index (χ0v) is 7.35. The Hall–Kier alpha value is -2.11. The van der Waals surface area contributed by atoms with Crippen LogP contribution in [0.4, 0.5) is 6.01 Å². The van der Waals surface area contributed by atoms with Gasteiger partial charge in [0.15, 0.2) is 5.58 Å². The second-order valence-corrected chi connectivity index (χ2v) is 2.59. The van der Waals surface area contributed by atoms with Gasteiger partial charge >= 0.3 is 5.97 Å². The highest BCUT2D eigenvalue weighted by molar-refractivity contribution is 5.91. The SMILES string of the molecule is COC(=O)c1cnc2nc(N)oc2c1. The van der Waals surface area contributed by atoms with E-state index in [1.165, 1.54) is 19.4 Å². The van der Waals surface area contributed by atoms with E-state index in [2.05, 4.69) is 14.7 Å². The molecule has 0 aliphatic carbocycles. The molecule has 14 heavy (non-hydrogen) atoms. The molecule has 0 amide bonds. The average molecular weight is 193 g/mol. The maximum absolute atomic E-state index is 11.1. The van der Waals surface area contributed by atoms with Gasteiger partial charge in [0, 0.05) is 12.3 Å². The molecular formula is C8H7N3O3. The highest BCUT2D eigenvalue weighted by Crippen LogP contribution is 2.15. The number of aromatic nitrogens is 2. The molecule has 0 bridgehead atoms. The zero-order chi connectivity index (χ0) is 10.1. The number of pyridine rings is 1. The molecule has 0 spiro atoms. The lowest BCUT2D eigenvalue weighted by atomic mass is 10.3. The molecule has 2 heterocycles. The molecule has 0 aliphatic heterocycles. The van der Waals surface area contributed by atoms with Crippen molar-refractivity contribution in [3.05, 3.63) is 17.8 Å². The standard InChI is InChI=1S/C8H7N3O3/c1-13-7(12)4-2-5-6(10-3-4)11-8(9)14-5/h2-3H,1H3,(H2,9,10,11). The minimum atomic E-state index is -0.477. The van der Waals surface area contributed by atoms with E-state index < -0.39 is 5.97 Å². The number of rotatable bonds is 1. The summed E-state index contributed by atoms with van der Waals surface area (Å²) in [5.74, 6) is -0.477. The second-order valence-electron chi connectivity index (χ2n) is 2.59. The van der Waals surface area contributed by atoms with E-state index in [-0.39, 0.29) is 6.01 Å². The minimum Gasteiger partial charge on any atom is -0.465 e. The lowest BCUT2D eigenvalue weighted by molar-refractivity contribution is 0.0600. The molecular weight excluding hydrogens is 186 g/mol. The van der Waals surface area contributed by atoms with Gasteiger partial charge in [-0.2, -0.15) is 4.98 Å². The first-order valence-corrected chi connectivity index (χ1v) is 3.81. The Labute approximate surface area is 78.7 Å². The third-order valence-corrected chi connectivity index (χ3v) is 1.68.